The van der Waals surface area contributed by atoms with Crippen LogP contribution >= 0.6 is 11.3 Å². The SMILES string of the molecule is Cc1cnc(C2(C)CCCCCCCC2)s1. The molecule has 0 bridgehead atoms. The first-order valence-electron chi connectivity index (χ1n) is 6.64. The maximum atomic E-state index is 4.63. The summed E-state index contributed by atoms with van der Waals surface area (Å²) in [7, 11) is 0. The third-order valence-electron chi connectivity index (χ3n) is 3.84. The molecule has 1 saturated carbocycles. The summed E-state index contributed by atoms with van der Waals surface area (Å²) in [6.07, 6.45) is 13.2. The molecule has 1 fully saturated rings. The molecule has 0 aromatic carbocycles. The molecule has 0 saturated heterocycles. The normalized spacial score (nSPS) is 22.1. The Labute approximate surface area is 103 Å². The van der Waals surface area contributed by atoms with Crippen LogP contribution < -0.4 is 0 Å². The van der Waals surface area contributed by atoms with Gasteiger partial charge in [0.1, 0.15) is 0 Å². The van der Waals surface area contributed by atoms with Gasteiger partial charge in [-0.2, -0.15) is 0 Å². The highest BCUT2D eigenvalue weighted by atomic mass is 32.1. The average molecular weight is 237 g/mol. The summed E-state index contributed by atoms with van der Waals surface area (Å²) < 4.78 is 0. The Kier molecular flexibility index (Phi) is 4.01. The van der Waals surface area contributed by atoms with Crippen LogP contribution in [0.15, 0.2) is 6.20 Å². The lowest BCUT2D eigenvalue weighted by atomic mass is 9.81. The van der Waals surface area contributed by atoms with Crippen molar-refractivity contribution in [3.8, 4) is 0 Å². The van der Waals surface area contributed by atoms with Crippen molar-refractivity contribution in [3.05, 3.63) is 16.1 Å². The molecular weight excluding hydrogens is 214 g/mol. The van der Waals surface area contributed by atoms with E-state index in [4.69, 9.17) is 0 Å². The molecule has 1 heterocycles. The minimum Gasteiger partial charge on any atom is -0.249 e. The summed E-state index contributed by atoms with van der Waals surface area (Å²) in [4.78, 5) is 5.99. The van der Waals surface area contributed by atoms with Gasteiger partial charge < -0.3 is 0 Å². The number of hydrogen-bond acceptors (Lipinski definition) is 2. The number of aromatic nitrogens is 1. The summed E-state index contributed by atoms with van der Waals surface area (Å²) in [6, 6.07) is 0. The predicted molar refractivity (Wildman–Crippen MR) is 71.1 cm³/mol. The maximum absolute atomic E-state index is 4.63. The van der Waals surface area contributed by atoms with Crippen molar-refractivity contribution in [3.63, 3.8) is 0 Å². The Balaban J connectivity index is 2.12. The smallest absolute Gasteiger partial charge is 0.0986 e. The molecule has 1 aromatic heterocycles. The fourth-order valence-electron chi connectivity index (χ4n) is 2.71. The summed E-state index contributed by atoms with van der Waals surface area (Å²) in [6.45, 7) is 4.59. The van der Waals surface area contributed by atoms with Gasteiger partial charge in [0.15, 0.2) is 0 Å². The van der Waals surface area contributed by atoms with Crippen molar-refractivity contribution in [2.75, 3.05) is 0 Å². The molecule has 0 atom stereocenters. The van der Waals surface area contributed by atoms with Gasteiger partial charge in [-0.25, -0.2) is 4.98 Å². The van der Waals surface area contributed by atoms with Crippen LogP contribution in [-0.2, 0) is 5.41 Å². The molecule has 0 N–H and O–H groups in total. The zero-order valence-electron chi connectivity index (χ0n) is 10.6. The second-order valence-electron chi connectivity index (χ2n) is 5.46. The number of aryl methyl sites for hydroxylation is 1. The minimum atomic E-state index is 0.364. The monoisotopic (exact) mass is 237 g/mol. The standard InChI is InChI=1S/C14H23NS/c1-12-11-15-13(16-12)14(2)9-7-5-3-4-6-8-10-14/h11H,3-10H2,1-2H3. The lowest BCUT2D eigenvalue weighted by Crippen LogP contribution is -2.21. The maximum Gasteiger partial charge on any atom is 0.0986 e. The molecular formula is C14H23NS. The van der Waals surface area contributed by atoms with E-state index in [9.17, 15) is 0 Å². The van der Waals surface area contributed by atoms with Crippen molar-refractivity contribution in [1.82, 2.24) is 4.98 Å². The summed E-state index contributed by atoms with van der Waals surface area (Å²) in [5.41, 5.74) is 0.364. The van der Waals surface area contributed by atoms with E-state index in [1.807, 2.05) is 17.5 Å². The van der Waals surface area contributed by atoms with E-state index >= 15 is 0 Å². The highest BCUT2D eigenvalue weighted by molar-refractivity contribution is 7.11. The number of rotatable bonds is 1. The third kappa shape index (κ3) is 2.85. The lowest BCUT2D eigenvalue weighted by molar-refractivity contribution is 0.379. The van der Waals surface area contributed by atoms with E-state index in [-0.39, 0.29) is 0 Å². The van der Waals surface area contributed by atoms with Crippen LogP contribution in [0.2, 0.25) is 0 Å². The predicted octanol–water partition coefficient (Wildman–Crippen LogP) is 4.84. The molecule has 0 radical (unpaired) electrons. The summed E-state index contributed by atoms with van der Waals surface area (Å²) >= 11 is 1.90. The zero-order valence-corrected chi connectivity index (χ0v) is 11.4. The van der Waals surface area contributed by atoms with Gasteiger partial charge in [0.2, 0.25) is 0 Å². The Hall–Kier alpha value is -0.370. The van der Waals surface area contributed by atoms with Crippen molar-refractivity contribution in [2.24, 2.45) is 0 Å². The zero-order chi connectivity index (χ0) is 11.4. The number of nitrogens with zero attached hydrogens (tertiary/aromatic N) is 1. The van der Waals surface area contributed by atoms with E-state index in [1.54, 1.807) is 0 Å². The van der Waals surface area contributed by atoms with E-state index in [0.717, 1.165) is 0 Å². The fourth-order valence-corrected chi connectivity index (χ4v) is 3.68. The molecule has 16 heavy (non-hydrogen) atoms. The van der Waals surface area contributed by atoms with Crippen molar-refractivity contribution in [1.29, 1.82) is 0 Å². The molecule has 1 aliphatic carbocycles. The van der Waals surface area contributed by atoms with Gasteiger partial charge in [-0.1, -0.05) is 45.4 Å². The third-order valence-corrected chi connectivity index (χ3v) is 5.06. The topological polar surface area (TPSA) is 12.9 Å². The van der Waals surface area contributed by atoms with Crippen LogP contribution in [0.3, 0.4) is 0 Å². The Morgan fingerprint density at radius 2 is 1.62 bits per heavy atom. The van der Waals surface area contributed by atoms with E-state index in [0.29, 0.717) is 5.41 Å². The summed E-state index contributed by atoms with van der Waals surface area (Å²) in [5, 5.41) is 1.38. The Morgan fingerprint density at radius 3 is 2.12 bits per heavy atom. The van der Waals surface area contributed by atoms with Crippen LogP contribution in [0.25, 0.3) is 0 Å². The molecule has 0 unspecified atom stereocenters. The van der Waals surface area contributed by atoms with Crippen LogP contribution in [-0.4, -0.2) is 4.98 Å². The molecule has 2 rings (SSSR count). The van der Waals surface area contributed by atoms with E-state index in [1.165, 1.54) is 61.3 Å². The van der Waals surface area contributed by atoms with Crippen molar-refractivity contribution in [2.45, 2.75) is 70.6 Å². The largest absolute Gasteiger partial charge is 0.249 e. The quantitative estimate of drug-likeness (QED) is 0.681. The van der Waals surface area contributed by atoms with Gasteiger partial charge in [-0.05, 0) is 19.8 Å². The van der Waals surface area contributed by atoms with E-state index < -0.39 is 0 Å². The average Bonchev–Trinajstić information content (AvgIpc) is 2.71. The second-order valence-corrected chi connectivity index (χ2v) is 6.69. The Morgan fingerprint density at radius 1 is 1.06 bits per heavy atom. The number of hydrogen-bond donors (Lipinski definition) is 0. The first-order valence-corrected chi connectivity index (χ1v) is 7.45. The Bertz CT molecular complexity index is 319. The van der Waals surface area contributed by atoms with Crippen molar-refractivity contribution >= 4 is 11.3 Å². The van der Waals surface area contributed by atoms with Gasteiger partial charge in [-0.15, -0.1) is 11.3 Å². The highest BCUT2D eigenvalue weighted by Gasteiger charge is 2.29. The van der Waals surface area contributed by atoms with Gasteiger partial charge in [0, 0.05) is 16.5 Å². The first-order chi connectivity index (χ1) is 7.71. The molecule has 0 amide bonds. The molecule has 1 nitrogen and oxygen atoms in total. The van der Waals surface area contributed by atoms with Crippen LogP contribution in [0.4, 0.5) is 0 Å². The van der Waals surface area contributed by atoms with Crippen LogP contribution in [0.1, 0.15) is 68.2 Å². The van der Waals surface area contributed by atoms with Gasteiger partial charge in [0.05, 0.1) is 5.01 Å². The van der Waals surface area contributed by atoms with E-state index in [2.05, 4.69) is 18.8 Å². The molecule has 90 valence electrons. The molecule has 1 aliphatic rings. The van der Waals surface area contributed by atoms with Crippen LogP contribution in [0, 0.1) is 6.92 Å². The number of thiazole rings is 1. The van der Waals surface area contributed by atoms with Gasteiger partial charge >= 0.3 is 0 Å². The molecule has 1 aromatic rings. The first kappa shape index (κ1) is 12.1. The van der Waals surface area contributed by atoms with Gasteiger partial charge in [-0.3, -0.25) is 0 Å². The summed E-state index contributed by atoms with van der Waals surface area (Å²) in [5.74, 6) is 0. The lowest BCUT2D eigenvalue weighted by Gasteiger charge is -2.26. The fraction of sp³-hybridized carbons (Fsp3) is 0.786. The second kappa shape index (κ2) is 5.31. The van der Waals surface area contributed by atoms with Crippen molar-refractivity contribution < 1.29 is 0 Å². The molecule has 0 spiro atoms. The van der Waals surface area contributed by atoms with Gasteiger partial charge in [0.25, 0.3) is 0 Å². The minimum absolute atomic E-state index is 0.364. The highest BCUT2D eigenvalue weighted by Crippen LogP contribution is 2.38. The van der Waals surface area contributed by atoms with Crippen LogP contribution in [0.5, 0.6) is 0 Å². The molecule has 2 heteroatoms. The molecule has 0 aliphatic heterocycles.